The van der Waals surface area contributed by atoms with Crippen LogP contribution in [0.5, 0.6) is 5.75 Å². The van der Waals surface area contributed by atoms with Gasteiger partial charge in [0.2, 0.25) is 77.3 Å². The monoisotopic (exact) mass is 1420 g/mol. The van der Waals surface area contributed by atoms with E-state index in [2.05, 4.69) is 58.5 Å². The van der Waals surface area contributed by atoms with Gasteiger partial charge in [0.05, 0.1) is 25.1 Å². The summed E-state index contributed by atoms with van der Waals surface area (Å²) in [6.45, 7) is 1.18. The molecule has 3 aliphatic rings. The Bertz CT molecular complexity index is 2910. The van der Waals surface area contributed by atoms with Gasteiger partial charge in [-0.15, -0.1) is 0 Å². The lowest BCUT2D eigenvalue weighted by atomic mass is 10.1. The van der Waals surface area contributed by atoms with E-state index in [1.54, 1.807) is 0 Å². The molecule has 1 aromatic carbocycles. The van der Waals surface area contributed by atoms with Gasteiger partial charge < -0.3 is 95.3 Å². The normalized spacial score (nSPS) is 26.2. The van der Waals surface area contributed by atoms with E-state index in [9.17, 15) is 102 Å². The number of phenols is 1. The van der Waals surface area contributed by atoms with Gasteiger partial charge in [0.15, 0.2) is 0 Å². The number of hydrogen-bond donors (Lipinski definition) is 19. The maximum absolute atomic E-state index is 14.4. The number of nitrogens with one attached hydrogen (secondary N) is 12. The molecule has 0 radical (unpaired) electrons. The maximum Gasteiger partial charge on any atom is 0.326 e. The Morgan fingerprint density at radius 1 is 0.699 bits per heavy atom. The quantitative estimate of drug-likeness (QED) is 0.0316. The molecule has 93 heavy (non-hydrogen) atoms. The highest BCUT2D eigenvalue weighted by atomic mass is 33.1. The average Bonchev–Trinajstić information content (AvgIpc) is 1.82. The molecule has 3 saturated heterocycles. The molecule has 3 aliphatic heterocycles. The molecule has 0 saturated carbocycles. The maximum atomic E-state index is 14.4. The van der Waals surface area contributed by atoms with Gasteiger partial charge in [-0.3, -0.25) is 77.1 Å². The first-order chi connectivity index (χ1) is 44.0. The van der Waals surface area contributed by atoms with E-state index in [4.69, 9.17) is 11.5 Å². The highest BCUT2D eigenvalue weighted by molar-refractivity contribution is 8.77. The SMILES string of the molecule is C[C@@H]1NC(=O)[C@@H]2CCCN2C(=O)[C@H](CC(N)=O)NC(=O)[C@@H]2CSSC[C@H](N)C(=O)N[C@H](C(=O)N[C@@H](CCC(=O)O)C(=O)NO)CSSC[C@H](NC1=O)C(=O)N[C@@H]([C@@H](C)O)C(=O)NCC(=O)N[C@H](C(=O)N[C@H](Cc1ccc(O)cc1)C(=O)O)CSSC[C@H](NC=O)C(=O)N2. The first kappa shape index (κ1) is 78.0. The largest absolute Gasteiger partial charge is 0.508 e. The Labute approximate surface area is 553 Å². The summed E-state index contributed by atoms with van der Waals surface area (Å²) in [5.74, 6) is -19.7. The first-order valence-electron chi connectivity index (χ1n) is 28.2. The van der Waals surface area contributed by atoms with Crippen LogP contribution in [0.25, 0.3) is 0 Å². The van der Waals surface area contributed by atoms with Crippen molar-refractivity contribution in [3.63, 3.8) is 0 Å². The van der Waals surface area contributed by atoms with Crippen molar-refractivity contribution in [3.05, 3.63) is 29.8 Å². The average molecular weight is 1420 g/mol. The van der Waals surface area contributed by atoms with E-state index in [1.165, 1.54) is 36.7 Å². The number of carboxylic acid groups (broad SMARTS) is 2. The Kier molecular flexibility index (Phi) is 32.9. The number of carbonyl (C=O) groups is 16. The van der Waals surface area contributed by atoms with E-state index in [0.29, 0.717) is 5.56 Å². The molecular weight excluding hydrogens is 1350 g/mol. The fourth-order valence-electron chi connectivity index (χ4n) is 8.60. The van der Waals surface area contributed by atoms with Crippen LogP contribution in [0, 0.1) is 0 Å². The molecule has 4 rings (SSSR count). The summed E-state index contributed by atoms with van der Waals surface area (Å²) >= 11 is 0. The summed E-state index contributed by atoms with van der Waals surface area (Å²) in [5, 5.41) is 75.4. The van der Waals surface area contributed by atoms with E-state index < -0.39 is 216 Å². The second-order valence-corrected chi connectivity index (χ2v) is 28.4. The second kappa shape index (κ2) is 39.3. The molecule has 1 aromatic rings. The number of hydrogen-bond acceptors (Lipinski definition) is 26. The Hall–Kier alpha value is -7.48. The molecule has 0 spiro atoms. The Morgan fingerprint density at radius 2 is 1.27 bits per heavy atom. The fraction of sp³-hybridized carbons (Fsp3) is 0.569. The predicted molar refractivity (Wildman–Crippen MR) is 338 cm³/mol. The van der Waals surface area contributed by atoms with Gasteiger partial charge in [-0.25, -0.2) is 10.3 Å². The number of aliphatic carboxylic acids is 2. The summed E-state index contributed by atoms with van der Waals surface area (Å²) < 4.78 is 0. The van der Waals surface area contributed by atoms with Crippen LogP contribution in [0.4, 0.5) is 0 Å². The number of hydroxylamine groups is 1. The minimum atomic E-state index is -1.93. The Balaban J connectivity index is 1.86. The van der Waals surface area contributed by atoms with Crippen LogP contribution in [-0.4, -0.2) is 252 Å². The number of phenolic OH excluding ortho intramolecular Hbond substituents is 1. The molecule has 3 fully saturated rings. The van der Waals surface area contributed by atoms with Gasteiger partial charge in [-0.1, -0.05) is 76.9 Å². The fourth-order valence-corrected chi connectivity index (χ4v) is 15.6. The van der Waals surface area contributed by atoms with Gasteiger partial charge in [0.1, 0.15) is 72.2 Å². The van der Waals surface area contributed by atoms with Gasteiger partial charge in [-0.05, 0) is 50.8 Å². The lowest BCUT2D eigenvalue weighted by Crippen LogP contribution is -2.61. The number of rotatable bonds is 16. The van der Waals surface area contributed by atoms with Crippen molar-refractivity contribution in [1.82, 2.24) is 68.9 Å². The molecule has 3 heterocycles. The molecule has 2 bridgehead atoms. The summed E-state index contributed by atoms with van der Waals surface area (Å²) in [4.78, 5) is 217. The van der Waals surface area contributed by atoms with Gasteiger partial charge in [0, 0.05) is 53.9 Å². The zero-order chi connectivity index (χ0) is 69.1. The van der Waals surface area contributed by atoms with Crippen molar-refractivity contribution in [3.8, 4) is 5.75 Å². The standard InChI is InChI=1S/C51H73N15O21S6/c1-22-40(74)61-34-20-93-92-18-32(44(78)58-27(47(81)65-87)9-10-38(72)73)62-41(75)26(52)15-88-90-19-33(45(79)59-28(13-36(53)70)50(84)66-11-3-4-35(66)48(82)56-22)63-42(76)30(55-21-67)16-89-91-17-31(57-37(71)14-54-49(83)39(23(2)68)64-46(34)80)43(77)60-29(51(85)86)12-24-5-7-25(69)8-6-24/h5-8,21-23,26-35,39,68-69,87H,3-4,9-20,52H2,1-2H3,(H2,53,70)(H,54,83)(H,55,67)(H,56,82)(H,57,71)(H,58,78)(H,59,79)(H,60,77)(H,61,74)(H,62,75)(H,63,76)(H,64,80)(H,65,81)(H,72,73)(H,85,86)/t22-,23+,26-,27-,28-,29+,30-,31-,32-,33-,34-,35-,39-/m0/s1. The van der Waals surface area contributed by atoms with Crippen LogP contribution >= 0.6 is 64.8 Å². The van der Waals surface area contributed by atoms with Crippen LogP contribution in [0.1, 0.15) is 51.5 Å². The van der Waals surface area contributed by atoms with E-state index >= 15 is 0 Å². The number of primary amides is 1. The van der Waals surface area contributed by atoms with Crippen LogP contribution in [0.3, 0.4) is 0 Å². The third kappa shape index (κ3) is 26.1. The summed E-state index contributed by atoms with van der Waals surface area (Å²) in [6, 6.07) is -14.3. The van der Waals surface area contributed by atoms with Crippen molar-refractivity contribution in [2.24, 2.45) is 11.5 Å². The van der Waals surface area contributed by atoms with Crippen molar-refractivity contribution in [1.29, 1.82) is 0 Å². The molecule has 13 atom stereocenters. The van der Waals surface area contributed by atoms with Crippen molar-refractivity contribution >= 4 is 160 Å². The molecule has 21 N–H and O–H groups in total. The number of carbonyl (C=O) groups excluding carboxylic acids is 14. The zero-order valence-electron chi connectivity index (χ0n) is 49.6. The smallest absolute Gasteiger partial charge is 0.326 e. The molecule has 42 heteroatoms. The predicted octanol–water partition coefficient (Wildman–Crippen LogP) is -7.25. The van der Waals surface area contributed by atoms with Crippen molar-refractivity contribution < 1.29 is 102 Å². The minimum Gasteiger partial charge on any atom is -0.508 e. The topological polar surface area (TPSA) is 574 Å². The second-order valence-electron chi connectivity index (χ2n) is 20.8. The number of aromatic hydroxyl groups is 1. The summed E-state index contributed by atoms with van der Waals surface area (Å²) in [7, 11) is 4.83. The molecule has 0 aliphatic carbocycles. The summed E-state index contributed by atoms with van der Waals surface area (Å²) in [6.07, 6.45) is -3.83. The zero-order valence-corrected chi connectivity index (χ0v) is 54.5. The van der Waals surface area contributed by atoms with Crippen LogP contribution < -0.4 is 75.4 Å². The van der Waals surface area contributed by atoms with Gasteiger partial charge in [-0.2, -0.15) is 0 Å². The lowest BCUT2D eigenvalue weighted by molar-refractivity contribution is -0.143. The number of amides is 14. The molecule has 36 nitrogen and oxygen atoms in total. The molecular formula is C51H73N15O21S6. The molecule has 0 aromatic heterocycles. The lowest BCUT2D eigenvalue weighted by Gasteiger charge is -2.30. The van der Waals surface area contributed by atoms with E-state index in [1.807, 2.05) is 0 Å². The number of nitrogens with two attached hydrogens (primary N) is 2. The molecule has 0 unspecified atom stereocenters. The van der Waals surface area contributed by atoms with Crippen molar-refractivity contribution in [2.75, 3.05) is 47.6 Å². The third-order valence-electron chi connectivity index (χ3n) is 13.6. The molecule has 14 amide bonds. The van der Waals surface area contributed by atoms with E-state index in [-0.39, 0.29) is 49.5 Å². The molecule has 514 valence electrons. The minimum absolute atomic E-state index is 0.00226. The van der Waals surface area contributed by atoms with Crippen LogP contribution in [0.2, 0.25) is 0 Å². The number of aliphatic hydroxyl groups excluding tert-OH is 1. The Morgan fingerprint density at radius 3 is 1.85 bits per heavy atom. The number of aliphatic hydroxyl groups is 1. The highest BCUT2D eigenvalue weighted by Crippen LogP contribution is 2.27. The summed E-state index contributed by atoms with van der Waals surface area (Å²) in [5.41, 5.74) is 13.5. The van der Waals surface area contributed by atoms with Crippen molar-refractivity contribution in [2.45, 2.75) is 131 Å². The number of nitrogens with zero attached hydrogens (tertiary/aromatic N) is 1. The number of carboxylic acids is 2. The third-order valence-corrected chi connectivity index (χ3v) is 20.9. The van der Waals surface area contributed by atoms with Crippen LogP contribution in [-0.2, 0) is 83.1 Å². The van der Waals surface area contributed by atoms with E-state index in [0.717, 1.165) is 76.6 Å². The van der Waals surface area contributed by atoms with Crippen LogP contribution in [0.15, 0.2) is 24.3 Å². The number of benzene rings is 1. The van der Waals surface area contributed by atoms with Gasteiger partial charge in [0.25, 0.3) is 5.91 Å². The number of fused-ring (bicyclic) bond motifs is 9. The first-order valence-corrected chi connectivity index (χ1v) is 35.6. The highest BCUT2D eigenvalue weighted by Gasteiger charge is 2.41. The van der Waals surface area contributed by atoms with Gasteiger partial charge >= 0.3 is 11.9 Å².